The Kier molecular flexibility index (Phi) is 6.77. The normalized spacial score (nSPS) is 19.7. The van der Waals surface area contributed by atoms with Crippen molar-refractivity contribution in [2.45, 2.75) is 50.5 Å². The lowest BCUT2D eigenvalue weighted by Crippen LogP contribution is -2.54. The summed E-state index contributed by atoms with van der Waals surface area (Å²) in [4.78, 5) is 15.1. The van der Waals surface area contributed by atoms with Crippen molar-refractivity contribution in [3.05, 3.63) is 47.5 Å². The molecule has 182 valence electrons. The van der Waals surface area contributed by atoms with E-state index in [9.17, 15) is 4.79 Å². The number of amides is 1. The number of piperidine rings is 1. The minimum absolute atomic E-state index is 0.179. The Hall–Kier alpha value is -2.61. The van der Waals surface area contributed by atoms with E-state index in [1.165, 1.54) is 19.3 Å². The van der Waals surface area contributed by atoms with Gasteiger partial charge in [0, 0.05) is 51.2 Å². The summed E-state index contributed by atoms with van der Waals surface area (Å²) in [6.45, 7) is 3.55. The van der Waals surface area contributed by atoms with E-state index < -0.39 is 5.79 Å². The van der Waals surface area contributed by atoms with Crippen molar-refractivity contribution in [3.63, 3.8) is 0 Å². The molecule has 0 radical (unpaired) electrons. The average Bonchev–Trinajstić information content (AvgIpc) is 2.84. The second kappa shape index (κ2) is 9.94. The van der Waals surface area contributed by atoms with Crippen LogP contribution in [0.2, 0.25) is 0 Å². The van der Waals surface area contributed by atoms with Crippen molar-refractivity contribution < 1.29 is 23.7 Å². The third kappa shape index (κ3) is 4.65. The lowest BCUT2D eigenvalue weighted by atomic mass is 9.89. The molecule has 7 nitrogen and oxygen atoms in total. The predicted molar refractivity (Wildman–Crippen MR) is 129 cm³/mol. The molecule has 2 aliphatic heterocycles. The van der Waals surface area contributed by atoms with Gasteiger partial charge in [-0.05, 0) is 48.2 Å². The number of fused-ring (bicyclic) bond motifs is 1. The highest BCUT2D eigenvalue weighted by molar-refractivity contribution is 5.97. The van der Waals surface area contributed by atoms with E-state index in [2.05, 4.69) is 22.3 Å². The minimum atomic E-state index is -0.490. The van der Waals surface area contributed by atoms with Gasteiger partial charge in [0.2, 0.25) is 5.79 Å². The number of hydrogen-bond donors (Lipinski definition) is 1. The number of ether oxygens (including phenoxy) is 4. The molecule has 3 aliphatic rings. The molecule has 34 heavy (non-hydrogen) atoms. The maximum absolute atomic E-state index is 12.5. The van der Waals surface area contributed by atoms with E-state index >= 15 is 0 Å². The molecular weight excluding hydrogens is 432 g/mol. The monoisotopic (exact) mass is 466 g/mol. The number of likely N-dealkylation sites (tertiary alicyclic amines) is 1. The molecular formula is C27H34N2O5. The SMILES string of the molecule is COCCNC(=O)c1ccc(-c2ccc3c(c2)COC2(CCN(C4CCC4)CC2)O3)cc1OC. The van der Waals surface area contributed by atoms with Crippen LogP contribution in [-0.2, 0) is 16.1 Å². The number of methoxy groups -OCH3 is 2. The smallest absolute Gasteiger partial charge is 0.255 e. The maximum atomic E-state index is 12.5. The Morgan fingerprint density at radius 1 is 1.12 bits per heavy atom. The molecule has 1 aliphatic carbocycles. The number of carbonyl (C=O) groups is 1. The molecule has 2 aromatic carbocycles. The Bertz CT molecular complexity index is 1030. The summed E-state index contributed by atoms with van der Waals surface area (Å²) in [5.41, 5.74) is 3.56. The number of rotatable bonds is 7. The number of benzene rings is 2. The first-order chi connectivity index (χ1) is 16.6. The molecule has 1 N–H and O–H groups in total. The van der Waals surface area contributed by atoms with Gasteiger partial charge >= 0.3 is 0 Å². The molecule has 1 saturated heterocycles. The summed E-state index contributed by atoms with van der Waals surface area (Å²) in [6, 6.07) is 12.6. The highest BCUT2D eigenvalue weighted by Gasteiger charge is 2.42. The van der Waals surface area contributed by atoms with Crippen LogP contribution >= 0.6 is 0 Å². The molecule has 7 heteroatoms. The minimum Gasteiger partial charge on any atom is -0.496 e. The van der Waals surface area contributed by atoms with Crippen molar-refractivity contribution >= 4 is 5.91 Å². The lowest BCUT2D eigenvalue weighted by molar-refractivity contribution is -0.231. The van der Waals surface area contributed by atoms with Crippen molar-refractivity contribution in [1.82, 2.24) is 10.2 Å². The summed E-state index contributed by atoms with van der Waals surface area (Å²) in [5.74, 6) is 0.778. The number of hydrogen-bond acceptors (Lipinski definition) is 6. The van der Waals surface area contributed by atoms with Gasteiger partial charge in [-0.15, -0.1) is 0 Å². The van der Waals surface area contributed by atoms with Crippen LogP contribution in [-0.4, -0.2) is 63.1 Å². The fourth-order valence-electron chi connectivity index (χ4n) is 5.06. The highest BCUT2D eigenvalue weighted by Crippen LogP contribution is 2.41. The molecule has 1 amide bonds. The molecule has 0 unspecified atom stereocenters. The van der Waals surface area contributed by atoms with Crippen LogP contribution in [0.1, 0.15) is 48.0 Å². The van der Waals surface area contributed by atoms with Crippen LogP contribution in [0.5, 0.6) is 11.5 Å². The van der Waals surface area contributed by atoms with Gasteiger partial charge in [0.25, 0.3) is 5.91 Å². The van der Waals surface area contributed by atoms with Gasteiger partial charge in [-0.2, -0.15) is 0 Å². The standard InChI is InChI=1S/C27H34N2O5/c1-31-15-12-28-26(30)23-8-6-20(17-25(23)32-2)19-7-9-24-21(16-19)18-33-27(34-24)10-13-29(14-11-27)22-4-3-5-22/h6-9,16-17,22H,3-5,10-15,18H2,1-2H3,(H,28,30). The van der Waals surface area contributed by atoms with Crippen LogP contribution in [0.3, 0.4) is 0 Å². The maximum Gasteiger partial charge on any atom is 0.255 e. The van der Waals surface area contributed by atoms with E-state index in [0.717, 1.165) is 54.4 Å². The predicted octanol–water partition coefficient (Wildman–Crippen LogP) is 3.99. The second-order valence-corrected chi connectivity index (χ2v) is 9.41. The first kappa shape index (κ1) is 23.1. The molecule has 2 heterocycles. The summed E-state index contributed by atoms with van der Waals surface area (Å²) >= 11 is 0. The summed E-state index contributed by atoms with van der Waals surface area (Å²) in [7, 11) is 3.18. The van der Waals surface area contributed by atoms with Gasteiger partial charge in [0.1, 0.15) is 11.5 Å². The molecule has 2 aromatic rings. The second-order valence-electron chi connectivity index (χ2n) is 9.41. The Morgan fingerprint density at radius 2 is 1.88 bits per heavy atom. The van der Waals surface area contributed by atoms with Gasteiger partial charge < -0.3 is 24.3 Å². The van der Waals surface area contributed by atoms with Crippen LogP contribution in [0, 0.1) is 0 Å². The van der Waals surface area contributed by atoms with E-state index in [1.807, 2.05) is 18.2 Å². The van der Waals surface area contributed by atoms with E-state index in [1.54, 1.807) is 20.3 Å². The summed E-state index contributed by atoms with van der Waals surface area (Å²) in [5, 5.41) is 2.84. The topological polar surface area (TPSA) is 69.3 Å². The molecule has 1 spiro atoms. The third-order valence-corrected chi connectivity index (χ3v) is 7.37. The number of carbonyl (C=O) groups excluding carboxylic acids is 1. The van der Waals surface area contributed by atoms with Gasteiger partial charge in [-0.25, -0.2) is 0 Å². The Labute approximate surface area is 201 Å². The molecule has 0 bridgehead atoms. The highest BCUT2D eigenvalue weighted by atomic mass is 16.7. The van der Waals surface area contributed by atoms with Gasteiger partial charge in [0.15, 0.2) is 0 Å². The van der Waals surface area contributed by atoms with Crippen molar-refractivity contribution in [1.29, 1.82) is 0 Å². The van der Waals surface area contributed by atoms with E-state index in [-0.39, 0.29) is 5.91 Å². The molecule has 0 aromatic heterocycles. The Balaban J connectivity index is 1.28. The van der Waals surface area contributed by atoms with Crippen LogP contribution < -0.4 is 14.8 Å². The molecule has 5 rings (SSSR count). The van der Waals surface area contributed by atoms with Crippen LogP contribution in [0.25, 0.3) is 11.1 Å². The zero-order valence-corrected chi connectivity index (χ0v) is 20.1. The zero-order chi connectivity index (χ0) is 23.5. The van der Waals surface area contributed by atoms with Gasteiger partial charge in [-0.1, -0.05) is 18.6 Å². The van der Waals surface area contributed by atoms with Crippen molar-refractivity contribution in [2.24, 2.45) is 0 Å². The zero-order valence-electron chi connectivity index (χ0n) is 20.1. The van der Waals surface area contributed by atoms with Gasteiger partial charge in [0.05, 0.1) is 25.9 Å². The fraction of sp³-hybridized carbons (Fsp3) is 0.519. The van der Waals surface area contributed by atoms with Gasteiger partial charge in [-0.3, -0.25) is 9.69 Å². The van der Waals surface area contributed by atoms with E-state index in [4.69, 9.17) is 18.9 Å². The van der Waals surface area contributed by atoms with Crippen LogP contribution in [0.4, 0.5) is 0 Å². The molecule has 2 fully saturated rings. The quantitative estimate of drug-likeness (QED) is 0.623. The molecule has 0 atom stereocenters. The van der Waals surface area contributed by atoms with E-state index in [0.29, 0.717) is 31.1 Å². The molecule has 1 saturated carbocycles. The number of nitrogens with one attached hydrogen (secondary N) is 1. The first-order valence-corrected chi connectivity index (χ1v) is 12.3. The fourth-order valence-corrected chi connectivity index (χ4v) is 5.06. The van der Waals surface area contributed by atoms with Crippen LogP contribution in [0.15, 0.2) is 36.4 Å². The third-order valence-electron chi connectivity index (χ3n) is 7.37. The Morgan fingerprint density at radius 3 is 2.59 bits per heavy atom. The average molecular weight is 467 g/mol. The lowest BCUT2D eigenvalue weighted by Gasteiger charge is -2.47. The number of nitrogens with zero attached hydrogens (tertiary/aromatic N) is 1. The van der Waals surface area contributed by atoms with Crippen molar-refractivity contribution in [3.8, 4) is 22.6 Å². The first-order valence-electron chi connectivity index (χ1n) is 12.3. The largest absolute Gasteiger partial charge is 0.496 e. The van der Waals surface area contributed by atoms with Crippen molar-refractivity contribution in [2.75, 3.05) is 40.5 Å². The summed E-state index contributed by atoms with van der Waals surface area (Å²) < 4.78 is 23.3. The summed E-state index contributed by atoms with van der Waals surface area (Å²) in [6.07, 6.45) is 5.87.